The van der Waals surface area contributed by atoms with Gasteiger partial charge in [0.1, 0.15) is 16.8 Å². The van der Waals surface area contributed by atoms with Crippen LogP contribution in [0.2, 0.25) is 5.02 Å². The van der Waals surface area contributed by atoms with Crippen LogP contribution in [0, 0.1) is 5.82 Å². The fourth-order valence-corrected chi connectivity index (χ4v) is 5.84. The van der Waals surface area contributed by atoms with Crippen LogP contribution < -0.4 is 21.7 Å². The Hall–Kier alpha value is -5.71. The number of halogens is 2. The van der Waals surface area contributed by atoms with E-state index in [9.17, 15) is 23.6 Å². The summed E-state index contributed by atoms with van der Waals surface area (Å²) >= 11 is 7.48. The molecule has 0 fully saturated rings. The Bertz CT molecular complexity index is 1970. The molecule has 0 saturated heterocycles. The lowest BCUT2D eigenvalue weighted by molar-refractivity contribution is -0.116. The second-order valence-corrected chi connectivity index (χ2v) is 11.9. The van der Waals surface area contributed by atoms with Crippen molar-refractivity contribution in [2.75, 3.05) is 10.6 Å². The number of anilines is 2. The molecule has 1 unspecified atom stereocenters. The Kier molecular flexibility index (Phi) is 11.0. The van der Waals surface area contributed by atoms with E-state index in [0.717, 1.165) is 5.56 Å². The van der Waals surface area contributed by atoms with Gasteiger partial charge in [0.2, 0.25) is 11.8 Å². The number of nitrogens with one attached hydrogen (secondary N) is 3. The number of nitrogens with two attached hydrogens (primary N) is 1. The molecule has 0 radical (unpaired) electrons. The summed E-state index contributed by atoms with van der Waals surface area (Å²) in [4.78, 5) is 52.2. The van der Waals surface area contributed by atoms with E-state index in [4.69, 9.17) is 17.3 Å². The third-order valence-electron chi connectivity index (χ3n) is 6.94. The van der Waals surface area contributed by atoms with Gasteiger partial charge in [-0.05, 0) is 78.4 Å². The second kappa shape index (κ2) is 15.7. The average Bonchev–Trinajstić information content (AvgIpc) is 3.09. The van der Waals surface area contributed by atoms with Crippen LogP contribution in [0.4, 0.5) is 15.8 Å². The summed E-state index contributed by atoms with van der Waals surface area (Å²) in [5, 5.41) is 7.57. The van der Waals surface area contributed by atoms with E-state index in [1.165, 1.54) is 48.2 Å². The molecule has 48 heavy (non-hydrogen) atoms. The van der Waals surface area contributed by atoms with Crippen LogP contribution >= 0.6 is 23.4 Å². The van der Waals surface area contributed by atoms with Gasteiger partial charge >= 0.3 is 0 Å². The molecule has 240 valence electrons. The molecule has 5 rings (SSSR count). The van der Waals surface area contributed by atoms with Crippen molar-refractivity contribution < 1.29 is 23.6 Å². The topological polar surface area (TPSA) is 130 Å². The van der Waals surface area contributed by atoms with E-state index in [1.807, 2.05) is 30.3 Å². The van der Waals surface area contributed by atoms with Gasteiger partial charge in [0.05, 0.1) is 5.02 Å². The molecule has 0 heterocycles. The van der Waals surface area contributed by atoms with Gasteiger partial charge in [-0.1, -0.05) is 72.3 Å². The van der Waals surface area contributed by atoms with E-state index in [-0.39, 0.29) is 22.2 Å². The number of carbonyl (C=O) groups is 4. The lowest BCUT2D eigenvalue weighted by Gasteiger charge is -2.18. The second-order valence-electron chi connectivity index (χ2n) is 10.3. The van der Waals surface area contributed by atoms with Crippen molar-refractivity contribution in [3.8, 4) is 0 Å². The summed E-state index contributed by atoms with van der Waals surface area (Å²) in [7, 11) is 0. The van der Waals surface area contributed by atoms with Gasteiger partial charge in [-0.3, -0.25) is 19.2 Å². The van der Waals surface area contributed by atoms with E-state index in [1.54, 1.807) is 66.7 Å². The van der Waals surface area contributed by atoms with E-state index in [0.29, 0.717) is 27.4 Å². The van der Waals surface area contributed by atoms with Crippen molar-refractivity contribution in [2.24, 2.45) is 5.73 Å². The Morgan fingerprint density at radius 1 is 0.729 bits per heavy atom. The summed E-state index contributed by atoms with van der Waals surface area (Å²) in [6, 6.07) is 34.6. The molecule has 0 aliphatic heterocycles. The van der Waals surface area contributed by atoms with Gasteiger partial charge in [0.25, 0.3) is 11.8 Å². The summed E-state index contributed by atoms with van der Waals surface area (Å²) < 4.78 is 14.7. The molecule has 0 aromatic heterocycles. The van der Waals surface area contributed by atoms with Crippen molar-refractivity contribution in [3.63, 3.8) is 0 Å². The highest BCUT2D eigenvalue weighted by molar-refractivity contribution is 8.00. The standard InChI is InChI=1S/C37H28ClFN4O4S/c38-30-15-8-16-31(39)29(30)22-32(43-35(45)25-11-5-2-6-12-25)36(46)42-27-13-7-14-28(21-27)48-33(23-9-3-1-4-10-23)37(47)41-26-19-17-24(18-20-26)34(40)44/h1-22,33H,(H2,40,44)(H,41,47)(H,42,46)(H,43,45)/b32-22+. The molecular formula is C37H28ClFN4O4S. The van der Waals surface area contributed by atoms with Crippen LogP contribution in [0.15, 0.2) is 138 Å². The van der Waals surface area contributed by atoms with Gasteiger partial charge in [0, 0.05) is 33.0 Å². The van der Waals surface area contributed by atoms with Crippen LogP contribution in [-0.2, 0) is 9.59 Å². The van der Waals surface area contributed by atoms with Gasteiger partial charge in [-0.2, -0.15) is 0 Å². The van der Waals surface area contributed by atoms with Gasteiger partial charge in [-0.25, -0.2) is 4.39 Å². The number of thioether (sulfide) groups is 1. The number of benzene rings is 5. The highest BCUT2D eigenvalue weighted by Crippen LogP contribution is 2.37. The largest absolute Gasteiger partial charge is 0.366 e. The fourth-order valence-electron chi connectivity index (χ4n) is 4.54. The minimum Gasteiger partial charge on any atom is -0.366 e. The third kappa shape index (κ3) is 8.75. The Morgan fingerprint density at radius 3 is 2.06 bits per heavy atom. The molecule has 4 amide bonds. The minimum absolute atomic E-state index is 0.0571. The number of carbonyl (C=O) groups excluding carboxylic acids is 4. The maximum atomic E-state index is 14.7. The molecule has 5 aromatic rings. The molecule has 0 aliphatic rings. The predicted molar refractivity (Wildman–Crippen MR) is 187 cm³/mol. The van der Waals surface area contributed by atoms with Crippen LogP contribution in [-0.4, -0.2) is 23.6 Å². The SMILES string of the molecule is NC(=O)c1ccc(NC(=O)C(Sc2cccc(NC(=O)/C(=C\c3c(F)cccc3Cl)NC(=O)c3ccccc3)c2)c2ccccc2)cc1. The molecule has 11 heteroatoms. The first-order valence-electron chi connectivity index (χ1n) is 14.5. The molecule has 0 bridgehead atoms. The molecule has 0 spiro atoms. The number of rotatable bonds is 11. The highest BCUT2D eigenvalue weighted by Gasteiger charge is 2.23. The molecule has 0 saturated carbocycles. The van der Waals surface area contributed by atoms with Crippen LogP contribution in [0.25, 0.3) is 6.08 Å². The van der Waals surface area contributed by atoms with E-state index >= 15 is 0 Å². The number of hydrogen-bond donors (Lipinski definition) is 4. The molecular weight excluding hydrogens is 651 g/mol. The Labute approximate surface area is 285 Å². The van der Waals surface area contributed by atoms with Crippen LogP contribution in [0.1, 0.15) is 37.1 Å². The lowest BCUT2D eigenvalue weighted by Crippen LogP contribution is -2.30. The van der Waals surface area contributed by atoms with Crippen LogP contribution in [0.5, 0.6) is 0 Å². The first-order chi connectivity index (χ1) is 23.2. The predicted octanol–water partition coefficient (Wildman–Crippen LogP) is 7.46. The van der Waals surface area contributed by atoms with Gasteiger partial charge in [-0.15, -0.1) is 11.8 Å². The maximum absolute atomic E-state index is 14.7. The third-order valence-corrected chi connectivity index (χ3v) is 8.52. The highest BCUT2D eigenvalue weighted by atomic mass is 35.5. The van der Waals surface area contributed by atoms with Crippen molar-refractivity contribution >= 4 is 64.4 Å². The normalized spacial score (nSPS) is 11.7. The van der Waals surface area contributed by atoms with Crippen LogP contribution in [0.3, 0.4) is 0 Å². The first kappa shape index (κ1) is 33.6. The smallest absolute Gasteiger partial charge is 0.272 e. The zero-order chi connectivity index (χ0) is 34.0. The first-order valence-corrected chi connectivity index (χ1v) is 15.8. The number of amides is 4. The average molecular weight is 679 g/mol. The van der Waals surface area contributed by atoms with Crippen molar-refractivity contribution in [1.29, 1.82) is 0 Å². The zero-order valence-corrected chi connectivity index (χ0v) is 26.7. The van der Waals surface area contributed by atoms with Crippen molar-refractivity contribution in [1.82, 2.24) is 5.32 Å². The number of primary amides is 1. The van der Waals surface area contributed by atoms with Gasteiger partial charge < -0.3 is 21.7 Å². The molecule has 8 nitrogen and oxygen atoms in total. The van der Waals surface area contributed by atoms with E-state index in [2.05, 4.69) is 16.0 Å². The minimum atomic E-state index is -0.725. The summed E-state index contributed by atoms with van der Waals surface area (Å²) in [5.41, 5.74) is 7.21. The maximum Gasteiger partial charge on any atom is 0.272 e. The summed E-state index contributed by atoms with van der Waals surface area (Å²) in [5.74, 6) is -2.86. The zero-order valence-electron chi connectivity index (χ0n) is 25.2. The van der Waals surface area contributed by atoms with Gasteiger partial charge in [0.15, 0.2) is 0 Å². The molecule has 1 atom stereocenters. The summed E-state index contributed by atoms with van der Waals surface area (Å²) in [6.45, 7) is 0. The molecule has 5 N–H and O–H groups in total. The summed E-state index contributed by atoms with van der Waals surface area (Å²) in [6.07, 6.45) is 1.18. The Balaban J connectivity index is 1.39. The van der Waals surface area contributed by atoms with E-state index < -0.39 is 28.8 Å². The lowest BCUT2D eigenvalue weighted by atomic mass is 10.1. The molecule has 5 aromatic carbocycles. The van der Waals surface area contributed by atoms with Crippen molar-refractivity contribution in [3.05, 3.63) is 166 Å². The quantitative estimate of drug-likeness (QED) is 0.0851. The number of hydrogen-bond acceptors (Lipinski definition) is 5. The Morgan fingerprint density at radius 2 is 1.40 bits per heavy atom. The fraction of sp³-hybridized carbons (Fsp3) is 0.0270. The monoisotopic (exact) mass is 678 g/mol. The van der Waals surface area contributed by atoms with Crippen molar-refractivity contribution in [2.45, 2.75) is 10.1 Å². The molecule has 0 aliphatic carbocycles.